The van der Waals surface area contributed by atoms with Gasteiger partial charge in [0, 0.05) is 18.2 Å². The van der Waals surface area contributed by atoms with Gasteiger partial charge in [0.05, 0.1) is 6.61 Å². The molecule has 0 aliphatic carbocycles. The molecule has 0 bridgehead atoms. The van der Waals surface area contributed by atoms with Crippen LogP contribution in [0.3, 0.4) is 0 Å². The van der Waals surface area contributed by atoms with Gasteiger partial charge in [-0.25, -0.2) is 0 Å². The monoisotopic (exact) mass is 209 g/mol. The molecule has 0 saturated heterocycles. The summed E-state index contributed by atoms with van der Waals surface area (Å²) >= 11 is 0. The van der Waals surface area contributed by atoms with Crippen molar-refractivity contribution in [3.63, 3.8) is 0 Å². The van der Waals surface area contributed by atoms with Gasteiger partial charge in [0.2, 0.25) is 0 Å². The predicted octanol–water partition coefficient (Wildman–Crippen LogP) is 1.69. The summed E-state index contributed by atoms with van der Waals surface area (Å²) in [6, 6.07) is 3.72. The molecule has 4 heteroatoms. The molecule has 0 aromatic carbocycles. The summed E-state index contributed by atoms with van der Waals surface area (Å²) < 4.78 is 0. The third kappa shape index (κ3) is 3.16. The number of rotatable bonds is 6. The first-order chi connectivity index (χ1) is 7.26. The highest BCUT2D eigenvalue weighted by Gasteiger charge is 2.24. The van der Waals surface area contributed by atoms with E-state index in [0.29, 0.717) is 0 Å². The van der Waals surface area contributed by atoms with Crippen LogP contribution in [-0.4, -0.2) is 28.5 Å². The summed E-state index contributed by atoms with van der Waals surface area (Å²) in [6.45, 7) is 5.12. The van der Waals surface area contributed by atoms with Gasteiger partial charge in [-0.05, 0) is 25.0 Å². The zero-order chi connectivity index (χ0) is 11.1. The number of aromatic nitrogens is 2. The Morgan fingerprint density at radius 3 is 2.60 bits per heavy atom. The van der Waals surface area contributed by atoms with Crippen molar-refractivity contribution in [3.8, 4) is 0 Å². The van der Waals surface area contributed by atoms with Crippen molar-refractivity contribution in [2.24, 2.45) is 5.41 Å². The summed E-state index contributed by atoms with van der Waals surface area (Å²) in [7, 11) is 0. The van der Waals surface area contributed by atoms with Crippen molar-refractivity contribution in [1.29, 1.82) is 0 Å². The fourth-order valence-electron chi connectivity index (χ4n) is 1.45. The second kappa shape index (κ2) is 5.66. The van der Waals surface area contributed by atoms with Gasteiger partial charge in [-0.1, -0.05) is 13.8 Å². The molecule has 0 saturated carbocycles. The van der Waals surface area contributed by atoms with Gasteiger partial charge in [0.15, 0.2) is 0 Å². The van der Waals surface area contributed by atoms with Gasteiger partial charge in [-0.15, -0.1) is 5.10 Å². The predicted molar refractivity (Wildman–Crippen MR) is 60.6 cm³/mol. The van der Waals surface area contributed by atoms with Gasteiger partial charge in [0.25, 0.3) is 0 Å². The fraction of sp³-hybridized carbons (Fsp3) is 0.636. The largest absolute Gasteiger partial charge is 0.396 e. The number of aliphatic hydroxyl groups is 1. The number of hydrogen-bond donors (Lipinski definition) is 2. The van der Waals surface area contributed by atoms with Crippen molar-refractivity contribution < 1.29 is 5.11 Å². The van der Waals surface area contributed by atoms with Gasteiger partial charge in [-0.2, -0.15) is 5.10 Å². The van der Waals surface area contributed by atoms with Crippen LogP contribution in [0.1, 0.15) is 26.7 Å². The highest BCUT2D eigenvalue weighted by atomic mass is 16.3. The molecule has 0 unspecified atom stereocenters. The Labute approximate surface area is 90.7 Å². The molecule has 1 aromatic heterocycles. The van der Waals surface area contributed by atoms with Gasteiger partial charge in [0.1, 0.15) is 5.82 Å². The van der Waals surface area contributed by atoms with Crippen LogP contribution < -0.4 is 5.32 Å². The van der Waals surface area contributed by atoms with Crippen molar-refractivity contribution >= 4 is 5.82 Å². The molecule has 15 heavy (non-hydrogen) atoms. The van der Waals surface area contributed by atoms with Crippen LogP contribution in [0.4, 0.5) is 5.82 Å². The standard InChI is InChI=1S/C11H19N3O/c1-3-11(4-2,9-15)8-12-10-6-5-7-13-14-10/h5-7,15H,3-4,8-9H2,1-2H3,(H,12,14). The van der Waals surface area contributed by atoms with Crippen LogP contribution in [-0.2, 0) is 0 Å². The Morgan fingerprint density at radius 1 is 1.40 bits per heavy atom. The minimum atomic E-state index is -0.0441. The number of nitrogens with zero attached hydrogens (tertiary/aromatic N) is 2. The minimum absolute atomic E-state index is 0.0441. The third-order valence-corrected chi connectivity index (χ3v) is 3.05. The molecule has 0 aliphatic heterocycles. The molecule has 0 radical (unpaired) electrons. The highest BCUT2D eigenvalue weighted by Crippen LogP contribution is 2.25. The average molecular weight is 209 g/mol. The number of hydrogen-bond acceptors (Lipinski definition) is 4. The first-order valence-electron chi connectivity index (χ1n) is 5.39. The fourth-order valence-corrected chi connectivity index (χ4v) is 1.45. The lowest BCUT2D eigenvalue weighted by molar-refractivity contribution is 0.127. The first-order valence-corrected chi connectivity index (χ1v) is 5.39. The van der Waals surface area contributed by atoms with E-state index in [9.17, 15) is 5.11 Å². The molecule has 1 aromatic rings. The smallest absolute Gasteiger partial charge is 0.148 e. The number of anilines is 1. The maximum Gasteiger partial charge on any atom is 0.148 e. The quantitative estimate of drug-likeness (QED) is 0.748. The third-order valence-electron chi connectivity index (χ3n) is 3.05. The normalized spacial score (nSPS) is 11.4. The van der Waals surface area contributed by atoms with E-state index in [1.165, 1.54) is 0 Å². The van der Waals surface area contributed by atoms with Gasteiger partial charge < -0.3 is 10.4 Å². The average Bonchev–Trinajstić information content (AvgIpc) is 2.33. The summed E-state index contributed by atoms with van der Waals surface area (Å²) in [5.41, 5.74) is -0.0441. The molecule has 1 rings (SSSR count). The Morgan fingerprint density at radius 2 is 2.13 bits per heavy atom. The van der Waals surface area contributed by atoms with E-state index < -0.39 is 0 Å². The zero-order valence-corrected chi connectivity index (χ0v) is 9.40. The minimum Gasteiger partial charge on any atom is -0.396 e. The molecule has 1 heterocycles. The van der Waals surface area contributed by atoms with Gasteiger partial charge in [-0.3, -0.25) is 0 Å². The molecule has 2 N–H and O–H groups in total. The lowest BCUT2D eigenvalue weighted by atomic mass is 9.83. The molecular weight excluding hydrogens is 190 g/mol. The van der Waals surface area contributed by atoms with E-state index in [-0.39, 0.29) is 12.0 Å². The second-order valence-corrected chi connectivity index (χ2v) is 3.83. The highest BCUT2D eigenvalue weighted by molar-refractivity contribution is 5.31. The van der Waals surface area contributed by atoms with Crippen LogP contribution in [0.5, 0.6) is 0 Å². The molecule has 0 amide bonds. The van der Waals surface area contributed by atoms with Crippen molar-refractivity contribution in [1.82, 2.24) is 10.2 Å². The molecule has 0 fully saturated rings. The second-order valence-electron chi connectivity index (χ2n) is 3.83. The Hall–Kier alpha value is -1.16. The van der Waals surface area contributed by atoms with Crippen LogP contribution in [0.25, 0.3) is 0 Å². The van der Waals surface area contributed by atoms with E-state index in [2.05, 4.69) is 29.4 Å². The molecular formula is C11H19N3O. The number of aliphatic hydroxyl groups excluding tert-OH is 1. The lowest BCUT2D eigenvalue weighted by Gasteiger charge is -2.29. The van der Waals surface area contributed by atoms with Crippen molar-refractivity contribution in [2.45, 2.75) is 26.7 Å². The van der Waals surface area contributed by atoms with Crippen LogP contribution in [0.15, 0.2) is 18.3 Å². The van der Waals surface area contributed by atoms with E-state index in [1.807, 2.05) is 12.1 Å². The molecule has 84 valence electrons. The van der Waals surface area contributed by atoms with E-state index in [1.54, 1.807) is 6.20 Å². The van der Waals surface area contributed by atoms with Gasteiger partial charge >= 0.3 is 0 Å². The van der Waals surface area contributed by atoms with E-state index in [4.69, 9.17) is 0 Å². The first kappa shape index (κ1) is 11.9. The van der Waals surface area contributed by atoms with Crippen molar-refractivity contribution in [2.75, 3.05) is 18.5 Å². The van der Waals surface area contributed by atoms with E-state index in [0.717, 1.165) is 25.2 Å². The lowest BCUT2D eigenvalue weighted by Crippen LogP contribution is -2.32. The Balaban J connectivity index is 2.54. The topological polar surface area (TPSA) is 58.0 Å². The molecule has 0 aliphatic rings. The van der Waals surface area contributed by atoms with Crippen molar-refractivity contribution in [3.05, 3.63) is 18.3 Å². The summed E-state index contributed by atoms with van der Waals surface area (Å²) in [5, 5.41) is 20.3. The Kier molecular flexibility index (Phi) is 4.49. The van der Waals surface area contributed by atoms with E-state index >= 15 is 0 Å². The zero-order valence-electron chi connectivity index (χ0n) is 9.40. The SMILES string of the molecule is CCC(CC)(CO)CNc1cccnn1. The number of nitrogens with one attached hydrogen (secondary N) is 1. The summed E-state index contributed by atoms with van der Waals surface area (Å²) in [5.74, 6) is 0.761. The van der Waals surface area contributed by atoms with Crippen LogP contribution in [0, 0.1) is 5.41 Å². The maximum atomic E-state index is 9.38. The molecule has 4 nitrogen and oxygen atoms in total. The molecule has 0 spiro atoms. The van der Waals surface area contributed by atoms with Crippen LogP contribution in [0.2, 0.25) is 0 Å². The molecule has 0 atom stereocenters. The Bertz CT molecular complexity index is 264. The van der Waals surface area contributed by atoms with Crippen LogP contribution >= 0.6 is 0 Å². The maximum absolute atomic E-state index is 9.38. The summed E-state index contributed by atoms with van der Waals surface area (Å²) in [6.07, 6.45) is 3.55. The summed E-state index contributed by atoms with van der Waals surface area (Å²) in [4.78, 5) is 0.